The van der Waals surface area contributed by atoms with Crippen LogP contribution in [0.25, 0.3) is 0 Å². The van der Waals surface area contributed by atoms with Gasteiger partial charge in [-0.05, 0) is 0 Å². The molecule has 0 heterocycles. The van der Waals surface area contributed by atoms with Crippen LogP contribution in [0.3, 0.4) is 0 Å². The van der Waals surface area contributed by atoms with E-state index in [2.05, 4.69) is 0 Å². The van der Waals surface area contributed by atoms with Crippen LogP contribution >= 0.6 is 0 Å². The van der Waals surface area contributed by atoms with Crippen LogP contribution in [-0.2, 0) is 0 Å². The Kier molecular flexibility index (Phi) is 3.05. The van der Waals surface area contributed by atoms with Gasteiger partial charge in [-0.1, -0.05) is 48.6 Å². The van der Waals surface area contributed by atoms with Crippen molar-refractivity contribution in [2.75, 3.05) is 0 Å². The molecule has 0 aromatic carbocycles. The summed E-state index contributed by atoms with van der Waals surface area (Å²) < 4.78 is 0. The monoisotopic (exact) mass is 236 g/mol. The highest BCUT2D eigenvalue weighted by Crippen LogP contribution is 2.33. The van der Waals surface area contributed by atoms with Crippen molar-refractivity contribution >= 4 is 0 Å². The van der Waals surface area contributed by atoms with Crippen LogP contribution in [0.2, 0.25) is 0 Å². The average molecular weight is 236 g/mol. The maximum atomic E-state index is 10.3. The Bertz CT molecular complexity index is 372. The van der Waals surface area contributed by atoms with E-state index in [1.807, 2.05) is 0 Å². The van der Waals surface area contributed by atoms with Gasteiger partial charge in [-0.3, -0.25) is 0 Å². The highest BCUT2D eigenvalue weighted by molar-refractivity contribution is 5.29. The summed E-state index contributed by atoms with van der Waals surface area (Å²) in [5.74, 6) is 0. The lowest BCUT2D eigenvalue weighted by Crippen LogP contribution is -2.52. The molecule has 0 aromatic heterocycles. The third kappa shape index (κ3) is 2.25. The van der Waals surface area contributed by atoms with E-state index in [4.69, 9.17) is 0 Å². The van der Waals surface area contributed by atoms with Gasteiger partial charge in [-0.15, -0.1) is 0 Å². The van der Waals surface area contributed by atoms with E-state index < -0.39 is 23.4 Å². The second-order valence-corrected chi connectivity index (χ2v) is 4.54. The summed E-state index contributed by atoms with van der Waals surface area (Å²) in [5.41, 5.74) is -3.14. The van der Waals surface area contributed by atoms with Crippen molar-refractivity contribution in [2.45, 2.75) is 29.8 Å². The van der Waals surface area contributed by atoms with Gasteiger partial charge in [0.1, 0.15) is 23.4 Å². The van der Waals surface area contributed by atoms with Gasteiger partial charge >= 0.3 is 0 Å². The third-order valence-electron chi connectivity index (χ3n) is 3.17. The molecular formula is C13H16O4. The lowest BCUT2D eigenvalue weighted by Gasteiger charge is -2.39. The summed E-state index contributed by atoms with van der Waals surface area (Å²) in [6.45, 7) is 0. The zero-order valence-corrected chi connectivity index (χ0v) is 9.27. The van der Waals surface area contributed by atoms with E-state index in [9.17, 15) is 20.4 Å². The van der Waals surface area contributed by atoms with E-state index in [0.29, 0.717) is 0 Å². The molecule has 17 heavy (non-hydrogen) atoms. The molecule has 4 unspecified atom stereocenters. The standard InChI is InChI=1S/C13H16O4/c14-10-5-1-3-7-12(10,16)9-13(17)8-4-2-6-11(13)15/h1-8,10-11,14-17H,9H2. The molecule has 0 saturated heterocycles. The normalized spacial score (nSPS) is 44.2. The van der Waals surface area contributed by atoms with Gasteiger partial charge in [0.25, 0.3) is 0 Å². The fraction of sp³-hybridized carbons (Fsp3) is 0.385. The highest BCUT2D eigenvalue weighted by Gasteiger charge is 2.44. The molecule has 0 aromatic rings. The zero-order chi connectivity index (χ0) is 12.5. The first-order chi connectivity index (χ1) is 7.96. The lowest BCUT2D eigenvalue weighted by atomic mass is 9.77. The number of aliphatic hydroxyl groups is 4. The Hall–Kier alpha value is -1.20. The van der Waals surface area contributed by atoms with E-state index in [0.717, 1.165) is 0 Å². The van der Waals surface area contributed by atoms with Crippen LogP contribution in [0.15, 0.2) is 48.6 Å². The zero-order valence-electron chi connectivity index (χ0n) is 9.27. The molecule has 4 heteroatoms. The Morgan fingerprint density at radius 2 is 1.18 bits per heavy atom. The minimum Gasteiger partial charge on any atom is -0.386 e. The lowest BCUT2D eigenvalue weighted by molar-refractivity contribution is -0.0985. The number of allylic oxidation sites excluding steroid dienone is 4. The molecule has 0 fully saturated rings. The van der Waals surface area contributed by atoms with Crippen molar-refractivity contribution in [1.82, 2.24) is 0 Å². The molecule has 2 aliphatic rings. The molecule has 0 saturated carbocycles. The molecule has 4 atom stereocenters. The van der Waals surface area contributed by atoms with Gasteiger partial charge in [0.05, 0.1) is 0 Å². The van der Waals surface area contributed by atoms with Gasteiger partial charge in [-0.25, -0.2) is 0 Å². The van der Waals surface area contributed by atoms with Gasteiger partial charge in [0, 0.05) is 6.42 Å². The van der Waals surface area contributed by atoms with E-state index >= 15 is 0 Å². The second-order valence-electron chi connectivity index (χ2n) is 4.54. The molecule has 4 nitrogen and oxygen atoms in total. The molecule has 0 radical (unpaired) electrons. The van der Waals surface area contributed by atoms with Gasteiger partial charge in [0.15, 0.2) is 0 Å². The highest BCUT2D eigenvalue weighted by atomic mass is 16.4. The number of rotatable bonds is 2. The minimum atomic E-state index is -1.57. The summed E-state index contributed by atoms with van der Waals surface area (Å²) >= 11 is 0. The maximum absolute atomic E-state index is 10.3. The summed E-state index contributed by atoms with van der Waals surface area (Å²) in [6, 6.07) is 0. The molecule has 0 spiro atoms. The van der Waals surface area contributed by atoms with Crippen molar-refractivity contribution in [1.29, 1.82) is 0 Å². The molecule has 2 aliphatic carbocycles. The minimum absolute atomic E-state index is 0.177. The summed E-state index contributed by atoms with van der Waals surface area (Å²) in [4.78, 5) is 0. The van der Waals surface area contributed by atoms with Crippen LogP contribution in [0.5, 0.6) is 0 Å². The van der Waals surface area contributed by atoms with Crippen LogP contribution in [-0.4, -0.2) is 43.8 Å². The first-order valence-electron chi connectivity index (χ1n) is 5.49. The number of hydrogen-bond donors (Lipinski definition) is 4. The predicted octanol–water partition coefficient (Wildman–Crippen LogP) is -0.188. The van der Waals surface area contributed by atoms with Crippen LogP contribution in [0, 0.1) is 0 Å². The Morgan fingerprint density at radius 3 is 1.53 bits per heavy atom. The van der Waals surface area contributed by atoms with Gasteiger partial charge in [-0.2, -0.15) is 0 Å². The Labute approximate surface area is 99.5 Å². The fourth-order valence-electron chi connectivity index (χ4n) is 2.09. The van der Waals surface area contributed by atoms with Crippen LogP contribution in [0.1, 0.15) is 6.42 Å². The fourth-order valence-corrected chi connectivity index (χ4v) is 2.09. The largest absolute Gasteiger partial charge is 0.386 e. The Morgan fingerprint density at radius 1 is 0.765 bits per heavy atom. The summed E-state index contributed by atoms with van der Waals surface area (Å²) in [7, 11) is 0. The summed E-state index contributed by atoms with van der Waals surface area (Å²) in [6.07, 6.45) is 9.82. The average Bonchev–Trinajstić information content (AvgIpc) is 2.27. The Balaban J connectivity index is 2.20. The van der Waals surface area contributed by atoms with Crippen molar-refractivity contribution in [3.8, 4) is 0 Å². The molecular weight excluding hydrogens is 220 g/mol. The van der Waals surface area contributed by atoms with Crippen molar-refractivity contribution in [3.05, 3.63) is 48.6 Å². The molecule has 0 amide bonds. The molecule has 0 aliphatic heterocycles. The van der Waals surface area contributed by atoms with Crippen LogP contribution < -0.4 is 0 Å². The smallest absolute Gasteiger partial charge is 0.116 e. The summed E-state index contributed by atoms with van der Waals surface area (Å²) in [5, 5.41) is 40.0. The maximum Gasteiger partial charge on any atom is 0.116 e. The molecule has 92 valence electrons. The second kappa shape index (κ2) is 4.23. The van der Waals surface area contributed by atoms with E-state index in [-0.39, 0.29) is 6.42 Å². The third-order valence-corrected chi connectivity index (χ3v) is 3.17. The SMILES string of the molecule is OC1C=CC=CC1(O)CC1(O)C=CC=CC1O. The number of aliphatic hydroxyl groups excluding tert-OH is 2. The molecule has 4 N–H and O–H groups in total. The first-order valence-corrected chi connectivity index (χ1v) is 5.49. The molecule has 2 rings (SSSR count). The quantitative estimate of drug-likeness (QED) is 0.536. The van der Waals surface area contributed by atoms with E-state index in [1.165, 1.54) is 24.3 Å². The topological polar surface area (TPSA) is 80.9 Å². The van der Waals surface area contributed by atoms with Crippen LogP contribution in [0.4, 0.5) is 0 Å². The van der Waals surface area contributed by atoms with E-state index in [1.54, 1.807) is 24.3 Å². The van der Waals surface area contributed by atoms with Gasteiger partial charge in [0.2, 0.25) is 0 Å². The van der Waals surface area contributed by atoms with Crippen molar-refractivity contribution in [3.63, 3.8) is 0 Å². The van der Waals surface area contributed by atoms with Gasteiger partial charge < -0.3 is 20.4 Å². The number of hydrogen-bond acceptors (Lipinski definition) is 4. The first kappa shape index (κ1) is 12.3. The predicted molar refractivity (Wildman–Crippen MR) is 63.1 cm³/mol. The van der Waals surface area contributed by atoms with Crippen molar-refractivity contribution in [2.24, 2.45) is 0 Å². The molecule has 0 bridgehead atoms. The van der Waals surface area contributed by atoms with Crippen molar-refractivity contribution < 1.29 is 20.4 Å².